The zero-order valence-corrected chi connectivity index (χ0v) is 12.8. The molecule has 2 aromatic heterocycles. The SMILES string of the molecule is CCCc1cc(C(=O)Nc2sccc2C(=O)O)cc(Cl)n1. The molecule has 0 bridgehead atoms. The number of nitrogens with zero attached hydrogens (tertiary/aromatic N) is 1. The highest BCUT2D eigenvalue weighted by Crippen LogP contribution is 2.24. The minimum absolute atomic E-state index is 0.0716. The number of nitrogens with one attached hydrogen (secondary N) is 1. The number of hydrogen-bond donors (Lipinski definition) is 2. The lowest BCUT2D eigenvalue weighted by atomic mass is 10.1. The minimum atomic E-state index is -1.08. The third-order valence-electron chi connectivity index (χ3n) is 2.74. The van der Waals surface area contributed by atoms with E-state index >= 15 is 0 Å². The maximum Gasteiger partial charge on any atom is 0.338 e. The van der Waals surface area contributed by atoms with E-state index in [2.05, 4.69) is 10.3 Å². The molecule has 0 fully saturated rings. The van der Waals surface area contributed by atoms with E-state index in [9.17, 15) is 9.59 Å². The number of pyridine rings is 1. The minimum Gasteiger partial charge on any atom is -0.478 e. The molecule has 110 valence electrons. The van der Waals surface area contributed by atoms with Crippen molar-refractivity contribution < 1.29 is 14.7 Å². The van der Waals surface area contributed by atoms with Gasteiger partial charge < -0.3 is 10.4 Å². The quantitative estimate of drug-likeness (QED) is 0.822. The van der Waals surface area contributed by atoms with Crippen LogP contribution in [-0.4, -0.2) is 22.0 Å². The Hall–Kier alpha value is -1.92. The second kappa shape index (κ2) is 6.69. The highest BCUT2D eigenvalue weighted by molar-refractivity contribution is 7.14. The highest BCUT2D eigenvalue weighted by Gasteiger charge is 2.16. The van der Waals surface area contributed by atoms with E-state index in [1.54, 1.807) is 11.4 Å². The number of anilines is 1. The van der Waals surface area contributed by atoms with Crippen molar-refractivity contribution in [2.45, 2.75) is 19.8 Å². The van der Waals surface area contributed by atoms with Crippen molar-refractivity contribution in [2.24, 2.45) is 0 Å². The number of aryl methyl sites for hydroxylation is 1. The third kappa shape index (κ3) is 3.80. The molecule has 0 aliphatic carbocycles. The van der Waals surface area contributed by atoms with Crippen LogP contribution >= 0.6 is 22.9 Å². The number of aromatic carboxylic acids is 1. The Morgan fingerprint density at radius 1 is 1.43 bits per heavy atom. The van der Waals surface area contributed by atoms with Gasteiger partial charge in [-0.25, -0.2) is 9.78 Å². The summed E-state index contributed by atoms with van der Waals surface area (Å²) in [5, 5.41) is 13.8. The molecule has 0 saturated heterocycles. The summed E-state index contributed by atoms with van der Waals surface area (Å²) in [4.78, 5) is 27.4. The van der Waals surface area contributed by atoms with Gasteiger partial charge in [-0.2, -0.15) is 0 Å². The Kier molecular flexibility index (Phi) is 4.93. The number of rotatable bonds is 5. The van der Waals surface area contributed by atoms with Crippen LogP contribution in [0.5, 0.6) is 0 Å². The molecule has 0 spiro atoms. The molecule has 2 heterocycles. The van der Waals surface area contributed by atoms with Crippen molar-refractivity contribution in [1.82, 2.24) is 4.98 Å². The van der Waals surface area contributed by atoms with Gasteiger partial charge in [-0.3, -0.25) is 4.79 Å². The number of carboxylic acid groups (broad SMARTS) is 1. The van der Waals surface area contributed by atoms with Gasteiger partial charge in [0.25, 0.3) is 5.91 Å². The Balaban J connectivity index is 2.24. The Labute approximate surface area is 130 Å². The summed E-state index contributed by atoms with van der Waals surface area (Å²) in [5.74, 6) is -1.48. The van der Waals surface area contributed by atoms with Crippen LogP contribution in [-0.2, 0) is 6.42 Å². The number of carbonyl (C=O) groups is 2. The molecule has 5 nitrogen and oxygen atoms in total. The van der Waals surface area contributed by atoms with E-state index in [-0.39, 0.29) is 10.7 Å². The fourth-order valence-corrected chi connectivity index (χ4v) is 2.82. The van der Waals surface area contributed by atoms with Crippen LogP contribution in [0, 0.1) is 0 Å². The maximum absolute atomic E-state index is 12.2. The average molecular weight is 325 g/mol. The third-order valence-corrected chi connectivity index (χ3v) is 3.76. The first-order valence-electron chi connectivity index (χ1n) is 6.30. The van der Waals surface area contributed by atoms with Gasteiger partial charge in [0.2, 0.25) is 0 Å². The van der Waals surface area contributed by atoms with Gasteiger partial charge in [-0.05, 0) is 30.0 Å². The van der Waals surface area contributed by atoms with Crippen LogP contribution in [0.25, 0.3) is 0 Å². The molecule has 0 aliphatic heterocycles. The number of amides is 1. The topological polar surface area (TPSA) is 79.3 Å². The highest BCUT2D eigenvalue weighted by atomic mass is 35.5. The number of carbonyl (C=O) groups excluding carboxylic acids is 1. The second-order valence-corrected chi connectivity index (χ2v) is 5.65. The molecule has 0 saturated carbocycles. The van der Waals surface area contributed by atoms with Crippen LogP contribution in [0.1, 0.15) is 39.8 Å². The van der Waals surface area contributed by atoms with E-state index in [1.165, 1.54) is 12.1 Å². The predicted octanol–water partition coefficient (Wildman–Crippen LogP) is 3.70. The summed E-state index contributed by atoms with van der Waals surface area (Å²) in [6.07, 6.45) is 1.61. The molecule has 0 aliphatic rings. The summed E-state index contributed by atoms with van der Waals surface area (Å²) < 4.78 is 0. The summed E-state index contributed by atoms with van der Waals surface area (Å²) in [7, 11) is 0. The van der Waals surface area contributed by atoms with E-state index in [1.807, 2.05) is 6.92 Å². The normalized spacial score (nSPS) is 10.4. The van der Waals surface area contributed by atoms with Gasteiger partial charge in [0.1, 0.15) is 10.2 Å². The standard InChI is InChI=1S/C14H13ClN2O3S/c1-2-3-9-6-8(7-11(15)16-9)12(18)17-13-10(14(19)20)4-5-21-13/h4-7H,2-3H2,1H3,(H,17,18)(H,19,20). The smallest absolute Gasteiger partial charge is 0.338 e. The number of thiophene rings is 1. The van der Waals surface area contributed by atoms with Crippen LogP contribution in [0.3, 0.4) is 0 Å². The van der Waals surface area contributed by atoms with Crippen LogP contribution in [0.15, 0.2) is 23.6 Å². The molecule has 7 heteroatoms. The second-order valence-electron chi connectivity index (χ2n) is 4.34. The van der Waals surface area contributed by atoms with Gasteiger partial charge >= 0.3 is 5.97 Å². The lowest BCUT2D eigenvalue weighted by Crippen LogP contribution is -2.14. The van der Waals surface area contributed by atoms with Gasteiger partial charge in [-0.15, -0.1) is 11.3 Å². The summed E-state index contributed by atoms with van der Waals surface area (Å²) in [5.41, 5.74) is 1.17. The Bertz CT molecular complexity index is 685. The largest absolute Gasteiger partial charge is 0.478 e. The molecule has 0 radical (unpaired) electrons. The van der Waals surface area contributed by atoms with E-state index in [4.69, 9.17) is 16.7 Å². The van der Waals surface area contributed by atoms with Crippen LogP contribution < -0.4 is 5.32 Å². The monoisotopic (exact) mass is 324 g/mol. The maximum atomic E-state index is 12.2. The molecule has 0 unspecified atom stereocenters. The van der Waals surface area contributed by atoms with Crippen molar-refractivity contribution in [3.05, 3.63) is 45.6 Å². The fourth-order valence-electron chi connectivity index (χ4n) is 1.82. The van der Waals surface area contributed by atoms with Crippen LogP contribution in [0.4, 0.5) is 5.00 Å². The number of halogens is 1. The number of carboxylic acids is 1. The van der Waals surface area contributed by atoms with Crippen molar-refractivity contribution in [1.29, 1.82) is 0 Å². The van der Waals surface area contributed by atoms with Crippen LogP contribution in [0.2, 0.25) is 5.15 Å². The molecule has 0 aromatic carbocycles. The first-order chi connectivity index (χ1) is 10.0. The van der Waals surface area contributed by atoms with Gasteiger partial charge in [0.15, 0.2) is 0 Å². The van der Waals surface area contributed by atoms with E-state index in [0.717, 1.165) is 29.9 Å². The lowest BCUT2D eigenvalue weighted by Gasteiger charge is -2.06. The summed E-state index contributed by atoms with van der Waals surface area (Å²) in [6, 6.07) is 4.58. The van der Waals surface area contributed by atoms with Crippen molar-refractivity contribution in [2.75, 3.05) is 5.32 Å². The van der Waals surface area contributed by atoms with Crippen molar-refractivity contribution in [3.8, 4) is 0 Å². The summed E-state index contributed by atoms with van der Waals surface area (Å²) in [6.45, 7) is 2.01. The Morgan fingerprint density at radius 3 is 2.86 bits per heavy atom. The zero-order chi connectivity index (χ0) is 15.4. The zero-order valence-electron chi connectivity index (χ0n) is 11.2. The molecule has 0 atom stereocenters. The fraction of sp³-hybridized carbons (Fsp3) is 0.214. The van der Waals surface area contributed by atoms with Gasteiger partial charge in [0, 0.05) is 11.3 Å². The molecule has 2 rings (SSSR count). The van der Waals surface area contributed by atoms with E-state index in [0.29, 0.717) is 10.6 Å². The van der Waals surface area contributed by atoms with Crippen molar-refractivity contribution >= 4 is 39.8 Å². The lowest BCUT2D eigenvalue weighted by molar-refractivity contribution is 0.0698. The Morgan fingerprint density at radius 2 is 2.19 bits per heavy atom. The first kappa shape index (κ1) is 15.5. The molecular formula is C14H13ClN2O3S. The molecular weight excluding hydrogens is 312 g/mol. The summed E-state index contributed by atoms with van der Waals surface area (Å²) >= 11 is 7.07. The number of aromatic nitrogens is 1. The van der Waals surface area contributed by atoms with Crippen molar-refractivity contribution in [3.63, 3.8) is 0 Å². The average Bonchev–Trinajstić information content (AvgIpc) is 2.86. The molecule has 2 N–H and O–H groups in total. The number of hydrogen-bond acceptors (Lipinski definition) is 4. The molecule has 1 amide bonds. The predicted molar refractivity (Wildman–Crippen MR) is 82.5 cm³/mol. The molecule has 21 heavy (non-hydrogen) atoms. The van der Waals surface area contributed by atoms with Gasteiger partial charge in [-0.1, -0.05) is 24.9 Å². The van der Waals surface area contributed by atoms with Gasteiger partial charge in [0.05, 0.1) is 5.56 Å². The first-order valence-corrected chi connectivity index (χ1v) is 7.55. The van der Waals surface area contributed by atoms with E-state index < -0.39 is 11.9 Å². The molecule has 2 aromatic rings.